The van der Waals surface area contributed by atoms with Crippen molar-refractivity contribution in [3.63, 3.8) is 0 Å². The van der Waals surface area contributed by atoms with E-state index < -0.39 is 0 Å². The number of amides is 1. The van der Waals surface area contributed by atoms with Gasteiger partial charge in [-0.2, -0.15) is 5.10 Å². The maximum atomic E-state index is 12.3. The highest BCUT2D eigenvalue weighted by molar-refractivity contribution is 6.32. The van der Waals surface area contributed by atoms with Crippen molar-refractivity contribution in [2.24, 2.45) is 7.05 Å². The van der Waals surface area contributed by atoms with Crippen molar-refractivity contribution < 1.29 is 14.3 Å². The number of nitrogens with one attached hydrogen (secondary N) is 1. The largest absolute Gasteiger partial charge is 0.493 e. The molecule has 2 rings (SSSR count). The second-order valence-corrected chi connectivity index (χ2v) is 5.07. The molecule has 0 bridgehead atoms. The van der Waals surface area contributed by atoms with Crippen molar-refractivity contribution in [2.75, 3.05) is 19.0 Å². The molecule has 0 aliphatic carbocycles. The Morgan fingerprint density at radius 2 is 2.23 bits per heavy atom. The van der Waals surface area contributed by atoms with E-state index in [4.69, 9.17) is 21.1 Å². The summed E-state index contributed by atoms with van der Waals surface area (Å²) in [7, 11) is 3.28. The lowest BCUT2D eigenvalue weighted by molar-refractivity contribution is 0.102. The predicted octanol–water partition coefficient (Wildman–Crippen LogP) is 3.12. The highest BCUT2D eigenvalue weighted by Gasteiger charge is 2.16. The van der Waals surface area contributed by atoms with Crippen LogP contribution in [0.5, 0.6) is 11.5 Å². The standard InChI is InChI=1S/C15H18ClN3O3/c1-4-7-22-14-11(16)8-10(9-12(14)21-3)15(20)17-13-5-6-19(2)18-13/h5-6,8-9H,4,7H2,1-3H3,(H,17,18,20). The van der Waals surface area contributed by atoms with E-state index >= 15 is 0 Å². The van der Waals surface area contributed by atoms with Crippen LogP contribution in [-0.4, -0.2) is 29.4 Å². The minimum Gasteiger partial charge on any atom is -0.493 e. The zero-order valence-corrected chi connectivity index (χ0v) is 13.5. The quantitative estimate of drug-likeness (QED) is 0.887. The van der Waals surface area contributed by atoms with Crippen LogP contribution in [0.4, 0.5) is 5.82 Å². The summed E-state index contributed by atoms with van der Waals surface area (Å²) in [5.41, 5.74) is 0.372. The molecule has 0 spiro atoms. The summed E-state index contributed by atoms with van der Waals surface area (Å²) in [6.07, 6.45) is 2.59. The number of carbonyl (C=O) groups is 1. The van der Waals surface area contributed by atoms with Gasteiger partial charge < -0.3 is 14.8 Å². The van der Waals surface area contributed by atoms with Gasteiger partial charge in [-0.1, -0.05) is 18.5 Å². The molecule has 0 aliphatic heterocycles. The minimum absolute atomic E-state index is 0.319. The molecule has 1 amide bonds. The Kier molecular flexibility index (Phi) is 5.27. The Labute approximate surface area is 134 Å². The van der Waals surface area contributed by atoms with Crippen LogP contribution in [-0.2, 0) is 7.05 Å². The van der Waals surface area contributed by atoms with Gasteiger partial charge in [-0.3, -0.25) is 9.48 Å². The number of ether oxygens (including phenoxy) is 2. The summed E-state index contributed by atoms with van der Waals surface area (Å²) < 4.78 is 12.4. The van der Waals surface area contributed by atoms with E-state index in [0.717, 1.165) is 6.42 Å². The molecule has 2 aromatic rings. The van der Waals surface area contributed by atoms with E-state index in [2.05, 4.69) is 10.4 Å². The lowest BCUT2D eigenvalue weighted by Crippen LogP contribution is -2.13. The monoisotopic (exact) mass is 323 g/mol. The molecule has 0 unspecified atom stereocenters. The fourth-order valence-electron chi connectivity index (χ4n) is 1.87. The Hall–Kier alpha value is -2.21. The molecule has 0 fully saturated rings. The van der Waals surface area contributed by atoms with Crippen LogP contribution in [0.1, 0.15) is 23.7 Å². The van der Waals surface area contributed by atoms with E-state index in [1.165, 1.54) is 7.11 Å². The third kappa shape index (κ3) is 3.71. The average molecular weight is 324 g/mol. The first-order valence-electron chi connectivity index (χ1n) is 6.86. The van der Waals surface area contributed by atoms with Crippen molar-refractivity contribution in [3.8, 4) is 11.5 Å². The van der Waals surface area contributed by atoms with E-state index in [0.29, 0.717) is 34.5 Å². The molecule has 118 valence electrons. The lowest BCUT2D eigenvalue weighted by Gasteiger charge is -2.13. The Morgan fingerprint density at radius 1 is 1.45 bits per heavy atom. The molecule has 7 heteroatoms. The fraction of sp³-hybridized carbons (Fsp3) is 0.333. The van der Waals surface area contributed by atoms with E-state index in [9.17, 15) is 4.79 Å². The van der Waals surface area contributed by atoms with Crippen molar-refractivity contribution in [3.05, 3.63) is 35.0 Å². The van der Waals surface area contributed by atoms with E-state index in [1.54, 1.807) is 36.1 Å². The summed E-state index contributed by atoms with van der Waals surface area (Å²) in [5.74, 6) is 1.02. The van der Waals surface area contributed by atoms with Crippen molar-refractivity contribution in [1.82, 2.24) is 9.78 Å². The first kappa shape index (κ1) is 16.2. The van der Waals surface area contributed by atoms with Gasteiger partial charge in [-0.05, 0) is 18.6 Å². The second-order valence-electron chi connectivity index (χ2n) is 4.67. The number of hydrogen-bond donors (Lipinski definition) is 1. The van der Waals surface area contributed by atoms with Gasteiger partial charge in [0.25, 0.3) is 5.91 Å². The van der Waals surface area contributed by atoms with Crippen LogP contribution in [0.2, 0.25) is 5.02 Å². The molecular formula is C15H18ClN3O3. The van der Waals surface area contributed by atoms with Gasteiger partial charge >= 0.3 is 0 Å². The summed E-state index contributed by atoms with van der Waals surface area (Å²) in [6, 6.07) is 4.85. The highest BCUT2D eigenvalue weighted by atomic mass is 35.5. The number of methoxy groups -OCH3 is 1. The fourth-order valence-corrected chi connectivity index (χ4v) is 2.13. The molecule has 6 nitrogen and oxygen atoms in total. The van der Waals surface area contributed by atoms with Crippen LogP contribution in [0.3, 0.4) is 0 Å². The number of nitrogens with zero attached hydrogens (tertiary/aromatic N) is 2. The predicted molar refractivity (Wildman–Crippen MR) is 85.0 cm³/mol. The Balaban J connectivity index is 2.23. The third-order valence-corrected chi connectivity index (χ3v) is 3.18. The second kappa shape index (κ2) is 7.17. The molecule has 1 heterocycles. The smallest absolute Gasteiger partial charge is 0.257 e. The van der Waals surface area contributed by atoms with Gasteiger partial charge in [0.05, 0.1) is 18.7 Å². The maximum Gasteiger partial charge on any atom is 0.257 e. The number of benzene rings is 1. The summed E-state index contributed by atoms with van der Waals surface area (Å²) >= 11 is 6.20. The van der Waals surface area contributed by atoms with E-state index in [-0.39, 0.29) is 5.91 Å². The number of halogens is 1. The Morgan fingerprint density at radius 3 is 2.82 bits per heavy atom. The summed E-state index contributed by atoms with van der Waals surface area (Å²) in [5, 5.41) is 7.12. The highest BCUT2D eigenvalue weighted by Crippen LogP contribution is 2.36. The molecule has 1 aromatic carbocycles. The van der Waals surface area contributed by atoms with Gasteiger partial charge in [0.2, 0.25) is 0 Å². The molecular weight excluding hydrogens is 306 g/mol. The van der Waals surface area contributed by atoms with E-state index in [1.807, 2.05) is 6.92 Å². The number of aryl methyl sites for hydroxylation is 1. The van der Waals surface area contributed by atoms with Gasteiger partial charge in [-0.15, -0.1) is 0 Å². The van der Waals surface area contributed by atoms with Gasteiger partial charge in [0.15, 0.2) is 17.3 Å². The lowest BCUT2D eigenvalue weighted by atomic mass is 10.2. The molecule has 1 aromatic heterocycles. The number of aromatic nitrogens is 2. The number of anilines is 1. The molecule has 0 radical (unpaired) electrons. The molecule has 1 N–H and O–H groups in total. The first-order valence-corrected chi connectivity index (χ1v) is 7.24. The van der Waals surface area contributed by atoms with Crippen molar-refractivity contribution in [1.29, 1.82) is 0 Å². The molecule has 0 saturated carbocycles. The number of carbonyl (C=O) groups excluding carboxylic acids is 1. The molecule has 0 aliphatic rings. The van der Waals surface area contributed by atoms with Crippen LogP contribution in [0.25, 0.3) is 0 Å². The SMILES string of the molecule is CCCOc1c(Cl)cc(C(=O)Nc2ccn(C)n2)cc1OC. The Bertz CT molecular complexity index is 670. The zero-order chi connectivity index (χ0) is 16.1. The van der Waals surface area contributed by atoms with Crippen molar-refractivity contribution in [2.45, 2.75) is 13.3 Å². The van der Waals surface area contributed by atoms with Crippen LogP contribution >= 0.6 is 11.6 Å². The molecule has 22 heavy (non-hydrogen) atoms. The summed E-state index contributed by atoms with van der Waals surface area (Å²) in [6.45, 7) is 2.52. The topological polar surface area (TPSA) is 65.4 Å². The van der Waals surface area contributed by atoms with Crippen LogP contribution in [0.15, 0.2) is 24.4 Å². The minimum atomic E-state index is -0.319. The normalized spacial score (nSPS) is 10.4. The van der Waals surface area contributed by atoms with Crippen LogP contribution in [0, 0.1) is 0 Å². The third-order valence-electron chi connectivity index (χ3n) is 2.90. The number of rotatable bonds is 6. The maximum absolute atomic E-state index is 12.3. The summed E-state index contributed by atoms with van der Waals surface area (Å²) in [4.78, 5) is 12.3. The zero-order valence-electron chi connectivity index (χ0n) is 12.7. The van der Waals surface area contributed by atoms with Gasteiger partial charge in [0, 0.05) is 24.9 Å². The first-order chi connectivity index (χ1) is 10.5. The average Bonchev–Trinajstić information content (AvgIpc) is 2.90. The van der Waals surface area contributed by atoms with Crippen LogP contribution < -0.4 is 14.8 Å². The van der Waals surface area contributed by atoms with Gasteiger partial charge in [-0.25, -0.2) is 0 Å². The van der Waals surface area contributed by atoms with Crippen molar-refractivity contribution >= 4 is 23.3 Å². The molecule has 0 atom stereocenters. The molecule has 0 saturated heterocycles. The number of hydrogen-bond acceptors (Lipinski definition) is 4. The van der Waals surface area contributed by atoms with Gasteiger partial charge in [0.1, 0.15) is 0 Å².